The van der Waals surface area contributed by atoms with Crippen molar-refractivity contribution in [2.75, 3.05) is 0 Å². The summed E-state index contributed by atoms with van der Waals surface area (Å²) in [5.41, 5.74) is 0.331. The first kappa shape index (κ1) is 31.1. The van der Waals surface area contributed by atoms with Gasteiger partial charge in [0.25, 0.3) is 7.37 Å². The number of aliphatic hydroxyl groups is 2. The van der Waals surface area contributed by atoms with E-state index >= 15 is 0 Å². The fourth-order valence-electron chi connectivity index (χ4n) is 2.73. The molecule has 0 saturated heterocycles. The maximum Gasteiger partial charge on any atom is 0.391 e. The van der Waals surface area contributed by atoms with E-state index in [9.17, 15) is 27.4 Å². The fraction of sp³-hybridized carbons (Fsp3) is 0.269. The molecule has 0 aliphatic carbocycles. The molecule has 0 amide bonds. The maximum atomic E-state index is 12.2. The van der Waals surface area contributed by atoms with Crippen LogP contribution < -0.4 is 10.6 Å². The van der Waals surface area contributed by atoms with Gasteiger partial charge in [0.05, 0.1) is 24.2 Å². The van der Waals surface area contributed by atoms with E-state index in [0.29, 0.717) is 16.2 Å². The highest BCUT2D eigenvalue weighted by Crippen LogP contribution is 2.37. The summed E-state index contributed by atoms with van der Waals surface area (Å²) in [4.78, 5) is 20.2. The first-order valence-electron chi connectivity index (χ1n) is 10.9. The summed E-state index contributed by atoms with van der Waals surface area (Å²) >= 11 is 0. The predicted octanol–water partition coefficient (Wildman–Crippen LogP) is 4.61. The maximum absolute atomic E-state index is 12.2. The number of carboxylic acids is 1. The van der Waals surface area contributed by atoms with Gasteiger partial charge in [0.15, 0.2) is 0 Å². The smallest absolute Gasteiger partial charge is 0.391 e. The van der Waals surface area contributed by atoms with E-state index in [1.807, 2.05) is 12.1 Å². The molecule has 0 fully saturated rings. The van der Waals surface area contributed by atoms with E-state index in [1.54, 1.807) is 78.9 Å². The number of benzene rings is 3. The number of halogens is 3. The summed E-state index contributed by atoms with van der Waals surface area (Å²) in [7, 11) is -3.40. The number of carboxylic acid groups (broad SMARTS) is 1. The third-order valence-electron chi connectivity index (χ3n) is 5.04. The summed E-state index contributed by atoms with van der Waals surface area (Å²) in [6.07, 6.45) is -8.09. The van der Waals surface area contributed by atoms with Crippen LogP contribution in [0.2, 0.25) is 0 Å². The van der Waals surface area contributed by atoms with Crippen LogP contribution in [0, 0.1) is 5.92 Å². The largest absolute Gasteiger partial charge is 0.478 e. The number of rotatable bonds is 6. The Bertz CT molecular complexity index is 1030. The van der Waals surface area contributed by atoms with Crippen LogP contribution in [0.1, 0.15) is 30.6 Å². The van der Waals surface area contributed by atoms with Gasteiger partial charge in [-0.3, -0.25) is 4.57 Å². The highest BCUT2D eigenvalue weighted by Gasteiger charge is 2.34. The summed E-state index contributed by atoms with van der Waals surface area (Å²) in [6.45, 7) is 2.73. The van der Waals surface area contributed by atoms with Crippen LogP contribution in [0.15, 0.2) is 91.0 Å². The fourth-order valence-corrected chi connectivity index (χ4v) is 4.19. The van der Waals surface area contributed by atoms with E-state index in [4.69, 9.17) is 15.3 Å². The van der Waals surface area contributed by atoms with Gasteiger partial charge in [0, 0.05) is 16.5 Å². The average molecular weight is 526 g/mol. The first-order chi connectivity index (χ1) is 16.8. The van der Waals surface area contributed by atoms with Gasteiger partial charge in [-0.2, -0.15) is 13.2 Å². The van der Waals surface area contributed by atoms with Gasteiger partial charge in [0.1, 0.15) is 0 Å². The lowest BCUT2D eigenvalue weighted by molar-refractivity contribution is -0.162. The molecule has 3 aromatic carbocycles. The van der Waals surface area contributed by atoms with E-state index in [1.165, 1.54) is 13.8 Å². The Kier molecular flexibility index (Phi) is 12.6. The molecule has 3 atom stereocenters. The van der Waals surface area contributed by atoms with E-state index in [2.05, 4.69) is 0 Å². The van der Waals surface area contributed by atoms with Crippen LogP contribution in [-0.2, 0) is 4.57 Å². The second kappa shape index (κ2) is 14.6. The van der Waals surface area contributed by atoms with Gasteiger partial charge in [-0.1, -0.05) is 61.5 Å². The number of aliphatic hydroxyl groups excluding tert-OH is 2. The van der Waals surface area contributed by atoms with Crippen molar-refractivity contribution in [2.24, 2.45) is 5.92 Å². The van der Waals surface area contributed by atoms with E-state index in [-0.39, 0.29) is 0 Å². The number of alkyl halides is 3. The molecule has 196 valence electrons. The molecule has 10 heteroatoms. The minimum Gasteiger partial charge on any atom is -0.478 e. The quantitative estimate of drug-likeness (QED) is 0.349. The lowest BCUT2D eigenvalue weighted by Gasteiger charge is -2.22. The lowest BCUT2D eigenvalue weighted by Crippen LogP contribution is -2.31. The molecular formula is C26H30F3O6P. The zero-order valence-electron chi connectivity index (χ0n) is 19.8. The second-order valence-electron chi connectivity index (χ2n) is 7.90. The number of aromatic carboxylic acids is 1. The molecule has 4 N–H and O–H groups in total. The van der Waals surface area contributed by atoms with Crippen LogP contribution in [0.3, 0.4) is 0 Å². The van der Waals surface area contributed by atoms with Gasteiger partial charge in [0.2, 0.25) is 0 Å². The Morgan fingerprint density at radius 3 is 1.44 bits per heavy atom. The van der Waals surface area contributed by atoms with Gasteiger partial charge in [-0.05, 0) is 43.3 Å². The van der Waals surface area contributed by atoms with Gasteiger partial charge in [-0.25, -0.2) is 4.79 Å². The van der Waals surface area contributed by atoms with Crippen molar-refractivity contribution in [1.29, 1.82) is 0 Å². The first-order valence-corrected chi connectivity index (χ1v) is 12.6. The molecule has 6 nitrogen and oxygen atoms in total. The molecule has 0 heterocycles. The minimum atomic E-state index is -4.37. The molecule has 0 saturated carbocycles. The van der Waals surface area contributed by atoms with Crippen molar-refractivity contribution in [3.8, 4) is 0 Å². The van der Waals surface area contributed by atoms with Crippen molar-refractivity contribution in [2.45, 2.75) is 38.7 Å². The summed E-state index contributed by atoms with van der Waals surface area (Å²) in [5, 5.41) is 27.1. The molecular weight excluding hydrogens is 496 g/mol. The van der Waals surface area contributed by atoms with E-state index < -0.39 is 44.1 Å². The van der Waals surface area contributed by atoms with Crippen molar-refractivity contribution >= 4 is 23.9 Å². The minimum absolute atomic E-state index is 0.331. The van der Waals surface area contributed by atoms with Crippen LogP contribution in [-0.4, -0.2) is 44.6 Å². The van der Waals surface area contributed by atoms with Crippen LogP contribution in [0.4, 0.5) is 13.2 Å². The molecule has 3 unspecified atom stereocenters. The molecule has 0 aliphatic heterocycles. The molecule has 0 bridgehead atoms. The molecule has 0 aliphatic rings. The van der Waals surface area contributed by atoms with Crippen LogP contribution in [0.25, 0.3) is 0 Å². The van der Waals surface area contributed by atoms with Crippen molar-refractivity contribution in [3.05, 3.63) is 96.6 Å². The zero-order chi connectivity index (χ0) is 27.4. The molecule has 0 radical (unpaired) electrons. The van der Waals surface area contributed by atoms with Gasteiger partial charge in [-0.15, -0.1) is 0 Å². The zero-order valence-corrected chi connectivity index (χ0v) is 20.7. The predicted molar refractivity (Wildman–Crippen MR) is 133 cm³/mol. The second-order valence-corrected chi connectivity index (χ2v) is 10.1. The standard InChI is InChI=1S/C12H11O2P.C7H13F3O2.C7H6O2/c13-15(14,11-7-3-1-4-8-11)12-9-5-2-6-10-12;1-4(5(2)11)6(12)3-7(8,9)10;8-7(9)6-4-2-1-3-5-6/h1-10H,(H,13,14);4-6,11-12H,3H2,1-2H3;1-5H,(H,8,9). The highest BCUT2D eigenvalue weighted by molar-refractivity contribution is 7.73. The number of hydrogen-bond acceptors (Lipinski definition) is 4. The van der Waals surface area contributed by atoms with Crippen molar-refractivity contribution in [1.82, 2.24) is 0 Å². The molecule has 36 heavy (non-hydrogen) atoms. The van der Waals surface area contributed by atoms with Crippen LogP contribution in [0.5, 0.6) is 0 Å². The van der Waals surface area contributed by atoms with Crippen molar-refractivity contribution < 1.29 is 42.7 Å². The Hall–Kier alpha value is -2.97. The van der Waals surface area contributed by atoms with Gasteiger partial charge >= 0.3 is 12.1 Å². The third-order valence-corrected chi connectivity index (χ3v) is 7.04. The van der Waals surface area contributed by atoms with Crippen LogP contribution >= 0.6 is 7.37 Å². The highest BCUT2D eigenvalue weighted by atomic mass is 31.2. The lowest BCUT2D eigenvalue weighted by atomic mass is 9.97. The number of carbonyl (C=O) groups is 1. The molecule has 0 aromatic heterocycles. The Morgan fingerprint density at radius 1 is 0.806 bits per heavy atom. The molecule has 0 spiro atoms. The third kappa shape index (κ3) is 11.2. The molecule has 3 aromatic rings. The van der Waals surface area contributed by atoms with Crippen molar-refractivity contribution in [3.63, 3.8) is 0 Å². The monoisotopic (exact) mass is 526 g/mol. The summed E-state index contributed by atoms with van der Waals surface area (Å²) in [6, 6.07) is 25.7. The Balaban J connectivity index is 0.000000280. The Labute approximate surface area is 208 Å². The number of hydrogen-bond donors (Lipinski definition) is 4. The van der Waals surface area contributed by atoms with E-state index in [0.717, 1.165) is 0 Å². The van der Waals surface area contributed by atoms with Gasteiger partial charge < -0.3 is 20.2 Å². The topological polar surface area (TPSA) is 115 Å². The molecule has 3 rings (SSSR count). The Morgan fingerprint density at radius 2 is 1.17 bits per heavy atom. The summed E-state index contributed by atoms with van der Waals surface area (Å²) in [5.74, 6) is -1.64. The summed E-state index contributed by atoms with van der Waals surface area (Å²) < 4.78 is 47.2. The average Bonchev–Trinajstić information content (AvgIpc) is 2.85. The normalized spacial score (nSPS) is 13.7. The SMILES string of the molecule is CC(O)C(C)C(O)CC(F)(F)F.O=C(O)c1ccccc1.O=P(O)(c1ccccc1)c1ccccc1.